The molecule has 9 nitrogen and oxygen atoms in total. The lowest BCUT2D eigenvalue weighted by atomic mass is 10.1. The second-order valence-corrected chi connectivity index (χ2v) is 7.48. The van der Waals surface area contributed by atoms with Crippen molar-refractivity contribution < 1.29 is 18.9 Å². The number of anilines is 1. The van der Waals surface area contributed by atoms with E-state index in [-0.39, 0.29) is 16.4 Å². The summed E-state index contributed by atoms with van der Waals surface area (Å²) in [6.07, 6.45) is 0. The molecule has 0 radical (unpaired) electrons. The Balaban J connectivity index is 1.53. The second kappa shape index (κ2) is 9.05. The molecule has 1 amide bonds. The van der Waals surface area contributed by atoms with E-state index in [4.69, 9.17) is 21.4 Å². The van der Waals surface area contributed by atoms with E-state index in [0.29, 0.717) is 34.0 Å². The van der Waals surface area contributed by atoms with Gasteiger partial charge >= 0.3 is 0 Å². The Bertz CT molecular complexity index is 1370. The smallest absolute Gasteiger partial charge is 0.272 e. The molecule has 0 spiro atoms. The third-order valence-electron chi connectivity index (χ3n) is 4.87. The van der Waals surface area contributed by atoms with Crippen LogP contribution in [0, 0.1) is 17.0 Å². The molecule has 0 saturated carbocycles. The number of benzene rings is 3. The zero-order valence-electron chi connectivity index (χ0n) is 17.6. The standard InChI is InChI=1S/C23H18N4O5S/c1-13-11-14(7-9-18(13)27(29)30)21(28)26-23(33)25-17-12-15(8-10-19(17)31-2)22-24-16-5-3-4-6-20(16)32-22/h3-12H,1-2H3,(H2,25,26,28,33). The van der Waals surface area contributed by atoms with Gasteiger partial charge in [-0.3, -0.25) is 20.2 Å². The van der Waals surface area contributed by atoms with Crippen LogP contribution in [0.5, 0.6) is 5.75 Å². The molecule has 0 atom stereocenters. The Morgan fingerprint density at radius 2 is 1.94 bits per heavy atom. The number of nitrogens with one attached hydrogen (secondary N) is 2. The molecule has 33 heavy (non-hydrogen) atoms. The van der Waals surface area contributed by atoms with Gasteiger partial charge in [-0.15, -0.1) is 0 Å². The minimum absolute atomic E-state index is 0.0315. The van der Waals surface area contributed by atoms with Gasteiger partial charge in [0.2, 0.25) is 5.89 Å². The third kappa shape index (κ3) is 4.65. The van der Waals surface area contributed by atoms with Crippen LogP contribution in [-0.4, -0.2) is 28.0 Å². The van der Waals surface area contributed by atoms with E-state index in [1.807, 2.05) is 24.3 Å². The number of hydrogen-bond acceptors (Lipinski definition) is 7. The SMILES string of the molecule is COc1ccc(-c2nc3ccccc3o2)cc1NC(=S)NC(=O)c1ccc([N+](=O)[O-])c(C)c1. The average Bonchev–Trinajstić information content (AvgIpc) is 3.23. The van der Waals surface area contributed by atoms with Crippen LogP contribution in [0.4, 0.5) is 11.4 Å². The lowest BCUT2D eigenvalue weighted by Crippen LogP contribution is -2.34. The number of hydrogen-bond donors (Lipinski definition) is 2. The highest BCUT2D eigenvalue weighted by molar-refractivity contribution is 7.80. The number of oxazole rings is 1. The summed E-state index contributed by atoms with van der Waals surface area (Å²) in [6, 6.07) is 16.8. The first kappa shape index (κ1) is 21.9. The number of thiocarbonyl (C=S) groups is 1. The number of aromatic nitrogens is 1. The van der Waals surface area contributed by atoms with Crippen molar-refractivity contribution in [3.8, 4) is 17.2 Å². The molecule has 4 rings (SSSR count). The number of para-hydroxylation sites is 2. The fourth-order valence-electron chi connectivity index (χ4n) is 3.26. The first-order valence-corrected chi connectivity index (χ1v) is 10.2. The fraction of sp³-hybridized carbons (Fsp3) is 0.0870. The maximum absolute atomic E-state index is 12.6. The third-order valence-corrected chi connectivity index (χ3v) is 5.08. The normalized spacial score (nSPS) is 10.6. The molecule has 0 saturated heterocycles. The molecule has 2 N–H and O–H groups in total. The maximum Gasteiger partial charge on any atom is 0.272 e. The highest BCUT2D eigenvalue weighted by Crippen LogP contribution is 2.32. The first-order valence-electron chi connectivity index (χ1n) is 9.77. The summed E-state index contributed by atoms with van der Waals surface area (Å²) >= 11 is 5.29. The highest BCUT2D eigenvalue weighted by Gasteiger charge is 2.16. The molecule has 0 bridgehead atoms. The van der Waals surface area contributed by atoms with E-state index in [1.165, 1.54) is 25.3 Å². The Kier molecular flexibility index (Phi) is 6.01. The molecule has 0 fully saturated rings. The van der Waals surface area contributed by atoms with Crippen LogP contribution in [-0.2, 0) is 0 Å². The number of fused-ring (bicyclic) bond motifs is 1. The van der Waals surface area contributed by atoms with Crippen molar-refractivity contribution in [1.29, 1.82) is 0 Å². The van der Waals surface area contributed by atoms with Crippen molar-refractivity contribution >= 4 is 45.7 Å². The van der Waals surface area contributed by atoms with Gasteiger partial charge in [0.15, 0.2) is 10.7 Å². The van der Waals surface area contributed by atoms with E-state index in [9.17, 15) is 14.9 Å². The van der Waals surface area contributed by atoms with Crippen molar-refractivity contribution in [3.05, 3.63) is 81.9 Å². The Hall–Kier alpha value is -4.31. The molecule has 0 aliphatic heterocycles. The van der Waals surface area contributed by atoms with Gasteiger partial charge in [0.05, 0.1) is 17.7 Å². The minimum Gasteiger partial charge on any atom is -0.495 e. The topological polar surface area (TPSA) is 120 Å². The van der Waals surface area contributed by atoms with Crippen molar-refractivity contribution in [3.63, 3.8) is 0 Å². The van der Waals surface area contributed by atoms with Crippen molar-refractivity contribution in [2.45, 2.75) is 6.92 Å². The van der Waals surface area contributed by atoms with Crippen LogP contribution >= 0.6 is 12.2 Å². The zero-order valence-corrected chi connectivity index (χ0v) is 18.4. The fourth-order valence-corrected chi connectivity index (χ4v) is 3.47. The molecular weight excluding hydrogens is 444 g/mol. The minimum atomic E-state index is -0.501. The number of nitro benzene ring substituents is 1. The van der Waals surface area contributed by atoms with Crippen molar-refractivity contribution in [1.82, 2.24) is 10.3 Å². The number of ether oxygens (including phenoxy) is 1. The number of amides is 1. The van der Waals surface area contributed by atoms with Gasteiger partial charge in [-0.2, -0.15) is 0 Å². The van der Waals surface area contributed by atoms with Crippen LogP contribution in [0.3, 0.4) is 0 Å². The summed E-state index contributed by atoms with van der Waals surface area (Å²) < 4.78 is 11.2. The average molecular weight is 462 g/mol. The van der Waals surface area contributed by atoms with Gasteiger partial charge in [0.1, 0.15) is 11.3 Å². The number of rotatable bonds is 5. The van der Waals surface area contributed by atoms with Crippen LogP contribution in [0.1, 0.15) is 15.9 Å². The van der Waals surface area contributed by atoms with Crippen LogP contribution in [0.15, 0.2) is 65.1 Å². The summed E-state index contributed by atoms with van der Waals surface area (Å²) in [4.78, 5) is 27.5. The largest absolute Gasteiger partial charge is 0.495 e. The lowest BCUT2D eigenvalue weighted by molar-refractivity contribution is -0.385. The van der Waals surface area contributed by atoms with Gasteiger partial charge in [0, 0.05) is 22.8 Å². The predicted octanol–water partition coefficient (Wildman–Crippen LogP) is 4.85. The van der Waals surface area contributed by atoms with Crippen LogP contribution < -0.4 is 15.4 Å². The zero-order chi connectivity index (χ0) is 23.5. The molecule has 0 unspecified atom stereocenters. The Labute approximate surface area is 193 Å². The van der Waals surface area contributed by atoms with E-state index in [2.05, 4.69) is 15.6 Å². The van der Waals surface area contributed by atoms with Gasteiger partial charge in [0.25, 0.3) is 11.6 Å². The molecule has 1 heterocycles. The number of nitrogens with zero attached hydrogens (tertiary/aromatic N) is 2. The molecule has 166 valence electrons. The van der Waals surface area contributed by atoms with Gasteiger partial charge < -0.3 is 14.5 Å². The summed E-state index contributed by atoms with van der Waals surface area (Å²) in [5.41, 5.74) is 3.15. The summed E-state index contributed by atoms with van der Waals surface area (Å²) in [5, 5.41) is 16.5. The quantitative estimate of drug-likeness (QED) is 0.245. The molecule has 0 aliphatic rings. The summed E-state index contributed by atoms with van der Waals surface area (Å²) in [7, 11) is 1.51. The van der Waals surface area contributed by atoms with Gasteiger partial charge in [-0.05, 0) is 61.6 Å². The van der Waals surface area contributed by atoms with E-state index < -0.39 is 10.8 Å². The molecule has 0 aliphatic carbocycles. The van der Waals surface area contributed by atoms with Crippen LogP contribution in [0.25, 0.3) is 22.6 Å². The van der Waals surface area contributed by atoms with Gasteiger partial charge in [-0.25, -0.2) is 4.98 Å². The molecule has 10 heteroatoms. The summed E-state index contributed by atoms with van der Waals surface area (Å²) in [5.74, 6) is 0.426. The predicted molar refractivity (Wildman–Crippen MR) is 128 cm³/mol. The first-order chi connectivity index (χ1) is 15.9. The van der Waals surface area contributed by atoms with Crippen LogP contribution in [0.2, 0.25) is 0 Å². The number of nitro groups is 1. The molecule has 3 aromatic carbocycles. The molecular formula is C23H18N4O5S. The number of carbonyl (C=O) groups is 1. The maximum atomic E-state index is 12.6. The monoisotopic (exact) mass is 462 g/mol. The Morgan fingerprint density at radius 1 is 1.15 bits per heavy atom. The lowest BCUT2D eigenvalue weighted by Gasteiger charge is -2.14. The number of aryl methyl sites for hydroxylation is 1. The van der Waals surface area contributed by atoms with Crippen molar-refractivity contribution in [2.24, 2.45) is 0 Å². The number of carbonyl (C=O) groups excluding carboxylic acids is 1. The van der Waals surface area contributed by atoms with Crippen molar-refractivity contribution in [2.75, 3.05) is 12.4 Å². The van der Waals surface area contributed by atoms with Gasteiger partial charge in [-0.1, -0.05) is 12.1 Å². The second-order valence-electron chi connectivity index (χ2n) is 7.07. The van der Waals surface area contributed by atoms with E-state index in [1.54, 1.807) is 25.1 Å². The summed E-state index contributed by atoms with van der Waals surface area (Å²) in [6.45, 7) is 1.56. The molecule has 4 aromatic rings. The molecule has 1 aromatic heterocycles. The highest BCUT2D eigenvalue weighted by atomic mass is 32.1. The van der Waals surface area contributed by atoms with E-state index >= 15 is 0 Å². The Morgan fingerprint density at radius 3 is 2.64 bits per heavy atom. The van der Waals surface area contributed by atoms with E-state index in [0.717, 1.165) is 5.52 Å². The number of methoxy groups -OCH3 is 1.